The molecule has 0 spiro atoms. The summed E-state index contributed by atoms with van der Waals surface area (Å²) in [7, 11) is 1.46. The maximum absolute atomic E-state index is 12.6. The fraction of sp³-hybridized carbons (Fsp3) is 0.261. The first kappa shape index (κ1) is 26.3. The van der Waals surface area contributed by atoms with E-state index >= 15 is 0 Å². The Morgan fingerprint density at radius 3 is 2.48 bits per heavy atom. The van der Waals surface area contributed by atoms with Crippen molar-refractivity contribution in [2.24, 2.45) is 11.0 Å². The molecule has 0 aromatic heterocycles. The van der Waals surface area contributed by atoms with Gasteiger partial charge in [0, 0.05) is 5.56 Å². The number of hydrazone groups is 1. The third kappa shape index (κ3) is 7.29. The Labute approximate surface area is 207 Å². The zero-order valence-electron chi connectivity index (χ0n) is 18.1. The zero-order chi connectivity index (χ0) is 24.5. The van der Waals surface area contributed by atoms with Gasteiger partial charge >= 0.3 is 0 Å². The summed E-state index contributed by atoms with van der Waals surface area (Å²) in [6, 6.07) is 6.82. The second kappa shape index (κ2) is 12.4. The highest BCUT2D eigenvalue weighted by Gasteiger charge is 2.24. The van der Waals surface area contributed by atoms with Gasteiger partial charge in [-0.25, -0.2) is 5.43 Å². The molecule has 7 nitrogen and oxygen atoms in total. The molecule has 2 aromatic rings. The van der Waals surface area contributed by atoms with Crippen molar-refractivity contribution >= 4 is 52.8 Å². The third-order valence-corrected chi connectivity index (χ3v) is 5.38. The summed E-state index contributed by atoms with van der Waals surface area (Å²) >= 11 is 18.1. The Hall–Kier alpha value is -2.92. The number of methoxy groups -OCH3 is 1. The molecule has 2 aromatic carbocycles. The number of hydrogen-bond acceptors (Lipinski definition) is 5. The number of carbonyl (C=O) groups excluding carboxylic acids is 2. The standard InChI is InChI=1S/C23H22Cl3N3O4/c1-5-8-33-21-18(26)9-14(10-19(21)32-4)12-27-29-23(31)20(13(2)3)28-22(30)15-6-7-16(24)17(25)11-15/h1,6-7,9-13,20H,8H2,2-4H3,(H,28,30)(H,29,31)/b27-12+. The highest BCUT2D eigenvalue weighted by atomic mass is 35.5. The molecule has 0 radical (unpaired) electrons. The third-order valence-electron chi connectivity index (χ3n) is 4.36. The van der Waals surface area contributed by atoms with E-state index in [1.807, 2.05) is 0 Å². The van der Waals surface area contributed by atoms with Crippen LogP contribution in [-0.2, 0) is 4.79 Å². The van der Waals surface area contributed by atoms with Gasteiger partial charge in [0.2, 0.25) is 0 Å². The Morgan fingerprint density at radius 1 is 1.15 bits per heavy atom. The molecule has 2 rings (SSSR count). The summed E-state index contributed by atoms with van der Waals surface area (Å²) in [5.74, 6) is 1.84. The van der Waals surface area contributed by atoms with Gasteiger partial charge in [-0.1, -0.05) is 54.6 Å². The van der Waals surface area contributed by atoms with Crippen LogP contribution >= 0.6 is 34.8 Å². The second-order valence-corrected chi connectivity index (χ2v) is 8.31. The summed E-state index contributed by atoms with van der Waals surface area (Å²) in [5, 5.41) is 7.48. The fourth-order valence-corrected chi connectivity index (χ4v) is 3.28. The Morgan fingerprint density at radius 2 is 1.88 bits per heavy atom. The van der Waals surface area contributed by atoms with E-state index < -0.39 is 17.9 Å². The first-order valence-corrected chi connectivity index (χ1v) is 10.8. The van der Waals surface area contributed by atoms with Crippen molar-refractivity contribution in [2.75, 3.05) is 13.7 Å². The molecular formula is C23H22Cl3N3O4. The minimum atomic E-state index is -0.846. The van der Waals surface area contributed by atoms with Gasteiger partial charge in [-0.05, 0) is 41.8 Å². The van der Waals surface area contributed by atoms with Gasteiger partial charge < -0.3 is 14.8 Å². The molecule has 0 aliphatic rings. The van der Waals surface area contributed by atoms with E-state index in [1.54, 1.807) is 26.0 Å². The smallest absolute Gasteiger partial charge is 0.262 e. The molecule has 2 amide bonds. The number of nitrogens with one attached hydrogen (secondary N) is 2. The quantitative estimate of drug-likeness (QED) is 0.294. The molecule has 0 aliphatic heterocycles. The number of rotatable bonds is 9. The lowest BCUT2D eigenvalue weighted by Crippen LogP contribution is -2.48. The maximum Gasteiger partial charge on any atom is 0.262 e. The molecule has 0 aliphatic carbocycles. The number of nitrogens with zero attached hydrogens (tertiary/aromatic N) is 1. The number of amides is 2. The van der Waals surface area contributed by atoms with Gasteiger partial charge in [-0.3, -0.25) is 9.59 Å². The molecule has 0 saturated heterocycles. The average molecular weight is 511 g/mol. The van der Waals surface area contributed by atoms with Crippen LogP contribution in [0, 0.1) is 18.3 Å². The minimum Gasteiger partial charge on any atom is -0.493 e. The fourth-order valence-electron chi connectivity index (χ4n) is 2.71. The van der Waals surface area contributed by atoms with Gasteiger partial charge in [0.25, 0.3) is 11.8 Å². The van der Waals surface area contributed by atoms with E-state index in [0.29, 0.717) is 22.1 Å². The normalized spacial score (nSPS) is 11.7. The van der Waals surface area contributed by atoms with E-state index in [1.165, 1.54) is 31.5 Å². The lowest BCUT2D eigenvalue weighted by Gasteiger charge is -2.20. The molecule has 2 N–H and O–H groups in total. The molecule has 0 saturated carbocycles. The van der Waals surface area contributed by atoms with Crippen LogP contribution in [0.15, 0.2) is 35.4 Å². The lowest BCUT2D eigenvalue weighted by molar-refractivity contribution is -0.123. The largest absolute Gasteiger partial charge is 0.493 e. The van der Waals surface area contributed by atoms with Gasteiger partial charge in [0.1, 0.15) is 12.6 Å². The second-order valence-electron chi connectivity index (χ2n) is 7.09. The average Bonchev–Trinajstić information content (AvgIpc) is 2.77. The van der Waals surface area contributed by atoms with Crippen LogP contribution < -0.4 is 20.2 Å². The molecule has 1 unspecified atom stereocenters. The van der Waals surface area contributed by atoms with E-state index in [9.17, 15) is 9.59 Å². The first-order chi connectivity index (χ1) is 15.7. The van der Waals surface area contributed by atoms with E-state index in [-0.39, 0.29) is 28.1 Å². The molecular weight excluding hydrogens is 489 g/mol. The predicted octanol–water partition coefficient (Wildman–Crippen LogP) is 4.57. The molecule has 1 atom stereocenters. The predicted molar refractivity (Wildman–Crippen MR) is 131 cm³/mol. The molecule has 174 valence electrons. The van der Waals surface area contributed by atoms with Crippen molar-refractivity contribution in [3.63, 3.8) is 0 Å². The summed E-state index contributed by atoms with van der Waals surface area (Å²) in [6.45, 7) is 3.62. The van der Waals surface area contributed by atoms with Crippen molar-refractivity contribution in [3.05, 3.63) is 56.5 Å². The van der Waals surface area contributed by atoms with E-state index in [2.05, 4.69) is 21.8 Å². The Bertz CT molecular complexity index is 1100. The van der Waals surface area contributed by atoms with Crippen molar-refractivity contribution in [1.29, 1.82) is 0 Å². The highest BCUT2D eigenvalue weighted by Crippen LogP contribution is 2.36. The first-order valence-electron chi connectivity index (χ1n) is 9.70. The zero-order valence-corrected chi connectivity index (χ0v) is 20.4. The maximum atomic E-state index is 12.6. The number of halogens is 3. The molecule has 33 heavy (non-hydrogen) atoms. The van der Waals surface area contributed by atoms with Crippen molar-refractivity contribution in [2.45, 2.75) is 19.9 Å². The van der Waals surface area contributed by atoms with E-state index in [4.69, 9.17) is 50.7 Å². The monoisotopic (exact) mass is 509 g/mol. The molecule has 0 fully saturated rings. The molecule has 0 bridgehead atoms. The Balaban J connectivity index is 2.10. The summed E-state index contributed by atoms with van der Waals surface area (Å²) in [5.41, 5.74) is 3.25. The Kier molecular flexibility index (Phi) is 9.86. The van der Waals surface area contributed by atoms with Gasteiger partial charge in [0.05, 0.1) is 28.4 Å². The van der Waals surface area contributed by atoms with Crippen LogP contribution in [0.25, 0.3) is 0 Å². The number of carbonyl (C=O) groups is 2. The summed E-state index contributed by atoms with van der Waals surface area (Å²) < 4.78 is 10.7. The number of terminal acetylenes is 1. The van der Waals surface area contributed by atoms with Crippen LogP contribution in [0.4, 0.5) is 0 Å². The summed E-state index contributed by atoms with van der Waals surface area (Å²) in [4.78, 5) is 25.2. The van der Waals surface area contributed by atoms with Crippen LogP contribution in [-0.4, -0.2) is 37.8 Å². The topological polar surface area (TPSA) is 89.0 Å². The number of benzene rings is 2. The van der Waals surface area contributed by atoms with Crippen LogP contribution in [0.3, 0.4) is 0 Å². The van der Waals surface area contributed by atoms with Gasteiger partial charge in [-0.2, -0.15) is 5.10 Å². The van der Waals surface area contributed by atoms with E-state index in [0.717, 1.165) is 0 Å². The van der Waals surface area contributed by atoms with Crippen molar-refractivity contribution < 1.29 is 19.1 Å². The number of ether oxygens (including phenoxy) is 2. The van der Waals surface area contributed by atoms with Crippen LogP contribution in [0.5, 0.6) is 11.5 Å². The lowest BCUT2D eigenvalue weighted by atomic mass is 10.0. The van der Waals surface area contributed by atoms with Gasteiger partial charge in [-0.15, -0.1) is 6.42 Å². The van der Waals surface area contributed by atoms with Crippen molar-refractivity contribution in [1.82, 2.24) is 10.7 Å². The number of hydrogen-bond donors (Lipinski definition) is 2. The molecule has 10 heteroatoms. The highest BCUT2D eigenvalue weighted by molar-refractivity contribution is 6.42. The van der Waals surface area contributed by atoms with Gasteiger partial charge in [0.15, 0.2) is 11.5 Å². The minimum absolute atomic E-state index is 0.0319. The molecule has 0 heterocycles. The van der Waals surface area contributed by atoms with Crippen LogP contribution in [0.2, 0.25) is 15.1 Å². The van der Waals surface area contributed by atoms with Crippen molar-refractivity contribution in [3.8, 4) is 23.8 Å². The SMILES string of the molecule is C#CCOc1c(Cl)cc(/C=N/NC(=O)C(NC(=O)c2ccc(Cl)c(Cl)c2)C(C)C)cc1OC. The summed E-state index contributed by atoms with van der Waals surface area (Å²) in [6.07, 6.45) is 6.59. The van der Waals surface area contributed by atoms with Crippen LogP contribution in [0.1, 0.15) is 29.8 Å².